The second-order valence-corrected chi connectivity index (χ2v) is 11.7. The Bertz CT molecular complexity index is 1190. The Hall–Kier alpha value is -2.55. The van der Waals surface area contributed by atoms with Crippen LogP contribution in [0.25, 0.3) is 0 Å². The summed E-state index contributed by atoms with van der Waals surface area (Å²) in [6.07, 6.45) is 0.296. The summed E-state index contributed by atoms with van der Waals surface area (Å²) in [6, 6.07) is 3.22. The molecule has 0 aromatic carbocycles. The van der Waals surface area contributed by atoms with Gasteiger partial charge in [0.2, 0.25) is 21.9 Å². The summed E-state index contributed by atoms with van der Waals surface area (Å²) in [5.41, 5.74) is -0.135. The highest BCUT2D eigenvalue weighted by molar-refractivity contribution is 7.89. The van der Waals surface area contributed by atoms with Crippen LogP contribution in [0.3, 0.4) is 0 Å². The molecule has 3 aliphatic rings. The van der Waals surface area contributed by atoms with Crippen LogP contribution >= 0.6 is 0 Å². The van der Waals surface area contributed by atoms with Crippen molar-refractivity contribution in [2.75, 3.05) is 44.7 Å². The number of alkyl halides is 3. The van der Waals surface area contributed by atoms with Gasteiger partial charge in [-0.15, -0.1) is 0 Å². The van der Waals surface area contributed by atoms with Gasteiger partial charge in [0.05, 0.1) is 13.2 Å². The zero-order chi connectivity index (χ0) is 26.8. The summed E-state index contributed by atoms with van der Waals surface area (Å²) in [4.78, 5) is 12.4. The molecule has 0 aliphatic carbocycles. The van der Waals surface area contributed by atoms with Gasteiger partial charge in [-0.25, -0.2) is 13.4 Å². The number of aromatic nitrogens is 3. The van der Waals surface area contributed by atoms with Gasteiger partial charge in [-0.3, -0.25) is 4.98 Å². The van der Waals surface area contributed by atoms with E-state index in [0.29, 0.717) is 38.0 Å². The lowest BCUT2D eigenvalue weighted by Gasteiger charge is -2.31. The molecule has 2 aromatic rings. The summed E-state index contributed by atoms with van der Waals surface area (Å²) < 4.78 is 78.8. The fraction of sp³-hybridized carbons (Fsp3) is 0.625. The summed E-state index contributed by atoms with van der Waals surface area (Å²) in [7, 11) is -3.71. The van der Waals surface area contributed by atoms with Crippen molar-refractivity contribution in [1.82, 2.24) is 24.6 Å². The number of rotatable bonds is 7. The standard InChI is InChI=1S/C24H31F3N6O4S/c25-24(26,27)20-14-30-23(32-22(20)37-18-7-12-36-15-18)31-17-5-10-33(11-6-17)38(34,35)19-1-2-21(29-13-19)16-3-8-28-9-4-16/h1-2,13-14,16-18,28H,3-12,15H2,(H,30,31,32)/t18-/m0/s1. The smallest absolute Gasteiger partial charge is 0.423 e. The summed E-state index contributed by atoms with van der Waals surface area (Å²) in [6.45, 7) is 2.97. The molecule has 208 valence electrons. The maximum absolute atomic E-state index is 13.4. The Balaban J connectivity index is 1.20. The van der Waals surface area contributed by atoms with E-state index >= 15 is 0 Å². The van der Waals surface area contributed by atoms with Crippen LogP contribution in [0, 0.1) is 0 Å². The van der Waals surface area contributed by atoms with E-state index in [1.54, 1.807) is 12.1 Å². The number of anilines is 1. The van der Waals surface area contributed by atoms with Crippen LogP contribution in [0.1, 0.15) is 49.3 Å². The van der Waals surface area contributed by atoms with Crippen LogP contribution in [0.4, 0.5) is 19.1 Å². The molecule has 3 saturated heterocycles. The average molecular weight is 557 g/mol. The Kier molecular flexibility index (Phi) is 8.03. The number of nitrogens with one attached hydrogen (secondary N) is 2. The lowest BCUT2D eigenvalue weighted by atomic mass is 9.94. The minimum atomic E-state index is -4.66. The molecule has 3 fully saturated rings. The maximum Gasteiger partial charge on any atom is 0.423 e. The van der Waals surface area contributed by atoms with E-state index in [9.17, 15) is 21.6 Å². The van der Waals surface area contributed by atoms with Crippen molar-refractivity contribution in [1.29, 1.82) is 0 Å². The second kappa shape index (κ2) is 11.3. The zero-order valence-corrected chi connectivity index (χ0v) is 21.6. The molecule has 0 unspecified atom stereocenters. The quantitative estimate of drug-likeness (QED) is 0.531. The molecule has 38 heavy (non-hydrogen) atoms. The highest BCUT2D eigenvalue weighted by atomic mass is 32.2. The van der Waals surface area contributed by atoms with Crippen molar-refractivity contribution < 1.29 is 31.1 Å². The van der Waals surface area contributed by atoms with E-state index in [2.05, 4.69) is 25.6 Å². The number of piperidine rings is 2. The van der Waals surface area contributed by atoms with E-state index < -0.39 is 33.7 Å². The molecule has 3 aliphatic heterocycles. The second-order valence-electron chi connectivity index (χ2n) is 9.78. The lowest BCUT2D eigenvalue weighted by molar-refractivity contribution is -0.139. The van der Waals surface area contributed by atoms with Crippen molar-refractivity contribution in [3.8, 4) is 5.88 Å². The summed E-state index contributed by atoms with van der Waals surface area (Å²) >= 11 is 0. The summed E-state index contributed by atoms with van der Waals surface area (Å²) in [5.74, 6) is -0.198. The molecule has 0 saturated carbocycles. The Labute approximate surface area is 219 Å². The SMILES string of the molecule is O=S(=O)(c1ccc(C2CCNCC2)nc1)N1CCC(Nc2ncc(C(F)(F)F)c(O[C@H]3CCOC3)n2)CC1. The van der Waals surface area contributed by atoms with Gasteiger partial charge < -0.3 is 20.1 Å². The Morgan fingerprint density at radius 3 is 2.45 bits per heavy atom. The monoisotopic (exact) mass is 556 g/mol. The van der Waals surface area contributed by atoms with Gasteiger partial charge in [0.15, 0.2) is 0 Å². The number of pyridine rings is 1. The molecular formula is C24H31F3N6O4S. The van der Waals surface area contributed by atoms with E-state index in [1.165, 1.54) is 10.5 Å². The predicted octanol–water partition coefficient (Wildman–Crippen LogP) is 2.79. The number of hydrogen-bond acceptors (Lipinski definition) is 9. The van der Waals surface area contributed by atoms with E-state index in [-0.39, 0.29) is 36.6 Å². The first kappa shape index (κ1) is 27.0. The minimum absolute atomic E-state index is 0.00549. The molecule has 2 N–H and O–H groups in total. The number of ether oxygens (including phenoxy) is 2. The Morgan fingerprint density at radius 2 is 1.82 bits per heavy atom. The first-order valence-electron chi connectivity index (χ1n) is 12.8. The zero-order valence-electron chi connectivity index (χ0n) is 20.8. The van der Waals surface area contributed by atoms with E-state index in [4.69, 9.17) is 9.47 Å². The van der Waals surface area contributed by atoms with Crippen LogP contribution in [0.15, 0.2) is 29.4 Å². The molecule has 1 atom stereocenters. The van der Waals surface area contributed by atoms with Crippen molar-refractivity contribution in [3.05, 3.63) is 35.8 Å². The van der Waals surface area contributed by atoms with Gasteiger partial charge in [-0.1, -0.05) is 0 Å². The molecule has 10 nitrogen and oxygen atoms in total. The highest BCUT2D eigenvalue weighted by Gasteiger charge is 2.38. The fourth-order valence-electron chi connectivity index (χ4n) is 4.96. The lowest BCUT2D eigenvalue weighted by Crippen LogP contribution is -2.42. The first-order valence-corrected chi connectivity index (χ1v) is 14.3. The normalized spacial score (nSPS) is 22.4. The van der Waals surface area contributed by atoms with Crippen LogP contribution in [0.2, 0.25) is 0 Å². The first-order chi connectivity index (χ1) is 18.2. The van der Waals surface area contributed by atoms with Crippen LogP contribution < -0.4 is 15.4 Å². The molecule has 5 rings (SSSR count). The van der Waals surface area contributed by atoms with Crippen molar-refractivity contribution in [3.63, 3.8) is 0 Å². The molecule has 0 spiro atoms. The molecule has 0 radical (unpaired) electrons. The topological polar surface area (TPSA) is 119 Å². The van der Waals surface area contributed by atoms with Crippen LogP contribution in [0.5, 0.6) is 5.88 Å². The third kappa shape index (κ3) is 6.19. The van der Waals surface area contributed by atoms with Gasteiger partial charge in [0.25, 0.3) is 0 Å². The van der Waals surface area contributed by atoms with E-state index in [1.807, 2.05) is 0 Å². The van der Waals surface area contributed by atoms with Crippen LogP contribution in [-0.4, -0.2) is 79.2 Å². The molecular weight excluding hydrogens is 525 g/mol. The maximum atomic E-state index is 13.4. The summed E-state index contributed by atoms with van der Waals surface area (Å²) in [5, 5.41) is 6.35. The van der Waals surface area contributed by atoms with Gasteiger partial charge in [0, 0.05) is 49.6 Å². The van der Waals surface area contributed by atoms with Crippen molar-refractivity contribution in [2.45, 2.75) is 61.2 Å². The van der Waals surface area contributed by atoms with Crippen molar-refractivity contribution >= 4 is 16.0 Å². The fourth-order valence-corrected chi connectivity index (χ4v) is 6.37. The third-order valence-electron chi connectivity index (χ3n) is 7.17. The highest BCUT2D eigenvalue weighted by Crippen LogP contribution is 2.36. The molecule has 2 aromatic heterocycles. The van der Waals surface area contributed by atoms with E-state index in [0.717, 1.165) is 31.6 Å². The molecule has 14 heteroatoms. The average Bonchev–Trinajstić information content (AvgIpc) is 3.42. The van der Waals surface area contributed by atoms with Crippen molar-refractivity contribution in [2.24, 2.45) is 0 Å². The number of hydrogen-bond donors (Lipinski definition) is 2. The van der Waals surface area contributed by atoms with Crippen LogP contribution in [-0.2, 0) is 20.9 Å². The predicted molar refractivity (Wildman–Crippen MR) is 131 cm³/mol. The molecule has 0 bridgehead atoms. The number of nitrogens with zero attached hydrogens (tertiary/aromatic N) is 4. The third-order valence-corrected chi connectivity index (χ3v) is 9.05. The minimum Gasteiger partial charge on any atom is -0.471 e. The Morgan fingerprint density at radius 1 is 1.05 bits per heavy atom. The number of sulfonamides is 1. The largest absolute Gasteiger partial charge is 0.471 e. The van der Waals surface area contributed by atoms with Gasteiger partial charge in [-0.2, -0.15) is 22.5 Å². The van der Waals surface area contributed by atoms with Gasteiger partial charge in [-0.05, 0) is 50.9 Å². The number of halogens is 3. The van der Waals surface area contributed by atoms with Gasteiger partial charge >= 0.3 is 6.18 Å². The molecule has 5 heterocycles. The molecule has 0 amide bonds. The van der Waals surface area contributed by atoms with Gasteiger partial charge in [0.1, 0.15) is 16.6 Å².